The van der Waals surface area contributed by atoms with Crippen molar-refractivity contribution >= 4 is 22.7 Å². The molecule has 1 saturated heterocycles. The fraction of sp³-hybridized carbons (Fsp3) is 0.458. The second-order valence-corrected chi connectivity index (χ2v) is 9.58. The summed E-state index contributed by atoms with van der Waals surface area (Å²) in [5, 5.41) is 26.5. The molecule has 2 N–H and O–H groups in total. The van der Waals surface area contributed by atoms with Crippen LogP contribution in [-0.2, 0) is 25.1 Å². The summed E-state index contributed by atoms with van der Waals surface area (Å²) in [4.78, 5) is 31.4. The molecule has 10 nitrogen and oxygen atoms in total. The monoisotopic (exact) mass is 478 g/mol. The number of aliphatic hydroxyl groups is 1. The predicted octanol–water partition coefficient (Wildman–Crippen LogP) is 0.117. The Morgan fingerprint density at radius 1 is 1.20 bits per heavy atom. The van der Waals surface area contributed by atoms with Gasteiger partial charge in [-0.1, -0.05) is 0 Å². The molecule has 0 amide bonds. The molecular formula is C24H25FN7O3-. The van der Waals surface area contributed by atoms with E-state index in [0.717, 1.165) is 37.7 Å². The third kappa shape index (κ3) is 3.99. The lowest BCUT2D eigenvalue weighted by molar-refractivity contribution is -0.218. The molecular weight excluding hydrogens is 453 g/mol. The van der Waals surface area contributed by atoms with Gasteiger partial charge in [-0.25, -0.2) is 19.4 Å². The summed E-state index contributed by atoms with van der Waals surface area (Å²) in [5.41, 5.74) is 0.187. The van der Waals surface area contributed by atoms with Crippen molar-refractivity contribution < 1.29 is 14.6 Å². The van der Waals surface area contributed by atoms with Gasteiger partial charge in [0.25, 0.3) is 5.56 Å². The highest BCUT2D eigenvalue weighted by atomic mass is 19.1. The van der Waals surface area contributed by atoms with E-state index in [4.69, 9.17) is 0 Å². The molecule has 3 aromatic heterocycles. The molecule has 182 valence electrons. The fourth-order valence-electron chi connectivity index (χ4n) is 5.42. The van der Waals surface area contributed by atoms with E-state index in [1.54, 1.807) is 12.3 Å². The summed E-state index contributed by atoms with van der Waals surface area (Å²) in [5.74, 6) is 0.342. The highest BCUT2D eigenvalue weighted by Crippen LogP contribution is 2.38. The Morgan fingerprint density at radius 3 is 2.86 bits per heavy atom. The van der Waals surface area contributed by atoms with E-state index >= 15 is 0 Å². The summed E-state index contributed by atoms with van der Waals surface area (Å²) in [6.45, 7) is 2.17. The first-order valence-electron chi connectivity index (χ1n) is 11.9. The van der Waals surface area contributed by atoms with Crippen LogP contribution in [0.3, 0.4) is 0 Å². The standard InChI is InChI=1S/C24H26FN7O3/c25-16-10-27-17-2-4-20(34)32-13-24(35,21(16)22(17)32)12-31-7-5-15(6-8-31)26-11-18-28-9-14-1-3-19(33)30-23(14)29-18/h2,4,9-10,15,26,35H,1,3,5-8,11-13H2,(H,28,29,30,33)/p-1/t24-/m0/s1. The smallest absolute Gasteiger partial charge is 0.251 e. The van der Waals surface area contributed by atoms with E-state index in [9.17, 15) is 19.4 Å². The zero-order chi connectivity index (χ0) is 24.2. The van der Waals surface area contributed by atoms with Crippen molar-refractivity contribution in [2.75, 3.05) is 19.6 Å². The zero-order valence-corrected chi connectivity index (χ0v) is 19.1. The van der Waals surface area contributed by atoms with Gasteiger partial charge in [0.15, 0.2) is 5.82 Å². The van der Waals surface area contributed by atoms with Gasteiger partial charge in [-0.2, -0.15) is 0 Å². The first-order valence-corrected chi connectivity index (χ1v) is 11.9. The topological polar surface area (TPSA) is 132 Å². The predicted molar refractivity (Wildman–Crippen MR) is 124 cm³/mol. The number of aryl methyl sites for hydroxylation is 1. The molecule has 1 atom stereocenters. The van der Waals surface area contributed by atoms with Crippen molar-refractivity contribution in [3.63, 3.8) is 0 Å². The van der Waals surface area contributed by atoms with Gasteiger partial charge in [0, 0.05) is 30.4 Å². The minimum absolute atomic E-state index is 0.0164. The Morgan fingerprint density at radius 2 is 2.03 bits per heavy atom. The number of hydrogen-bond acceptors (Lipinski definition) is 9. The van der Waals surface area contributed by atoms with Crippen LogP contribution in [0, 0.1) is 5.82 Å². The van der Waals surface area contributed by atoms with Gasteiger partial charge in [0.1, 0.15) is 17.2 Å². The van der Waals surface area contributed by atoms with Gasteiger partial charge in [0.2, 0.25) is 0 Å². The SMILES string of the molecule is O=c1ccc2ncc(F)c3c2n1C[C@@]3(O)CN1CCC(NCc2ncc3c(n2)N=C([O-])CC3)CC1. The Hall–Kier alpha value is -3.28. The van der Waals surface area contributed by atoms with Crippen LogP contribution in [0.4, 0.5) is 10.2 Å². The minimum atomic E-state index is -1.49. The number of likely N-dealkylation sites (tertiary alicyclic amines) is 1. The van der Waals surface area contributed by atoms with Gasteiger partial charge in [-0.05, 0) is 50.7 Å². The molecule has 6 heterocycles. The second-order valence-electron chi connectivity index (χ2n) is 9.58. The number of β-amino-alcohol motifs (C(OH)–C–C–N with tert-alkyl or cyclic N) is 1. The maximum Gasteiger partial charge on any atom is 0.251 e. The molecule has 0 bridgehead atoms. The molecule has 0 aromatic carbocycles. The van der Waals surface area contributed by atoms with Gasteiger partial charge in [-0.3, -0.25) is 14.7 Å². The number of nitrogens with zero attached hydrogens (tertiary/aromatic N) is 6. The van der Waals surface area contributed by atoms with Crippen LogP contribution in [0.15, 0.2) is 34.3 Å². The van der Waals surface area contributed by atoms with Crippen LogP contribution in [0.25, 0.3) is 11.0 Å². The fourth-order valence-corrected chi connectivity index (χ4v) is 5.42. The molecule has 0 radical (unpaired) electrons. The summed E-state index contributed by atoms with van der Waals surface area (Å²) in [7, 11) is 0. The number of aliphatic imine (C=N–C) groups is 1. The number of nitrogens with one attached hydrogen (secondary N) is 1. The summed E-state index contributed by atoms with van der Waals surface area (Å²) in [6.07, 6.45) is 5.58. The number of rotatable bonds is 5. The normalized spacial score (nSPS) is 22.4. The second kappa shape index (κ2) is 8.43. The molecule has 35 heavy (non-hydrogen) atoms. The molecule has 11 heteroatoms. The van der Waals surface area contributed by atoms with E-state index in [-0.39, 0.29) is 36.2 Å². The first kappa shape index (κ1) is 22.2. The minimum Gasteiger partial charge on any atom is -0.862 e. The lowest BCUT2D eigenvalue weighted by Crippen LogP contribution is -2.48. The molecule has 0 aliphatic carbocycles. The lowest BCUT2D eigenvalue weighted by atomic mass is 9.93. The van der Waals surface area contributed by atoms with Crippen LogP contribution in [-0.4, -0.2) is 61.1 Å². The molecule has 3 aromatic rings. The molecule has 3 aliphatic rings. The van der Waals surface area contributed by atoms with Gasteiger partial charge >= 0.3 is 0 Å². The third-order valence-corrected chi connectivity index (χ3v) is 7.19. The number of fused-ring (bicyclic) bond motifs is 1. The largest absolute Gasteiger partial charge is 0.862 e. The van der Waals surface area contributed by atoms with E-state index in [1.807, 2.05) is 0 Å². The van der Waals surface area contributed by atoms with Crippen LogP contribution < -0.4 is 16.0 Å². The van der Waals surface area contributed by atoms with E-state index in [1.165, 1.54) is 10.6 Å². The number of aromatic nitrogens is 4. The van der Waals surface area contributed by atoms with Crippen molar-refractivity contribution in [3.05, 3.63) is 57.6 Å². The molecule has 3 aliphatic heterocycles. The highest BCUT2D eigenvalue weighted by molar-refractivity contribution is 5.81. The average molecular weight is 479 g/mol. The summed E-state index contributed by atoms with van der Waals surface area (Å²) < 4.78 is 16.2. The van der Waals surface area contributed by atoms with Crippen molar-refractivity contribution in [1.82, 2.24) is 29.7 Å². The highest BCUT2D eigenvalue weighted by Gasteiger charge is 2.43. The molecule has 1 fully saturated rings. The van der Waals surface area contributed by atoms with Gasteiger partial charge in [0.05, 0.1) is 35.9 Å². The maximum absolute atomic E-state index is 14.8. The number of hydrogen-bond donors (Lipinski definition) is 2. The van der Waals surface area contributed by atoms with Gasteiger partial charge < -0.3 is 20.1 Å². The summed E-state index contributed by atoms with van der Waals surface area (Å²) in [6, 6.07) is 3.21. The average Bonchev–Trinajstić information content (AvgIpc) is 3.17. The lowest BCUT2D eigenvalue weighted by Gasteiger charge is -2.37. The zero-order valence-electron chi connectivity index (χ0n) is 19.1. The Labute approximate surface area is 200 Å². The quantitative estimate of drug-likeness (QED) is 0.529. The third-order valence-electron chi connectivity index (χ3n) is 7.19. The van der Waals surface area contributed by atoms with E-state index in [2.05, 4.69) is 30.2 Å². The van der Waals surface area contributed by atoms with Crippen molar-refractivity contribution in [3.8, 4) is 0 Å². The molecule has 0 spiro atoms. The summed E-state index contributed by atoms with van der Waals surface area (Å²) >= 11 is 0. The van der Waals surface area contributed by atoms with Crippen LogP contribution >= 0.6 is 0 Å². The van der Waals surface area contributed by atoms with Crippen molar-refractivity contribution in [1.29, 1.82) is 0 Å². The van der Waals surface area contributed by atoms with E-state index < -0.39 is 11.4 Å². The van der Waals surface area contributed by atoms with Crippen LogP contribution in [0.2, 0.25) is 0 Å². The van der Waals surface area contributed by atoms with Crippen molar-refractivity contribution in [2.45, 2.75) is 50.4 Å². The molecule has 0 unspecified atom stereocenters. The number of piperidine rings is 1. The van der Waals surface area contributed by atoms with Crippen molar-refractivity contribution in [2.24, 2.45) is 4.99 Å². The van der Waals surface area contributed by atoms with Crippen LogP contribution in [0.1, 0.15) is 36.2 Å². The Bertz CT molecular complexity index is 1400. The van der Waals surface area contributed by atoms with Crippen LogP contribution in [0.5, 0.6) is 0 Å². The van der Waals surface area contributed by atoms with E-state index in [0.29, 0.717) is 42.1 Å². The number of halogens is 1. The Kier molecular flexibility index (Phi) is 5.35. The number of pyridine rings is 2. The maximum atomic E-state index is 14.8. The Balaban J connectivity index is 1.09. The van der Waals surface area contributed by atoms with Gasteiger partial charge in [-0.15, -0.1) is 0 Å². The molecule has 0 saturated carbocycles. The molecule has 6 rings (SSSR count). The first-order chi connectivity index (χ1) is 16.9.